The SMILES string of the molecule is COC(=O)Cn1c(=O)c2c(nc3n(-c4ccccc4C)c(C)cn23)n(C)c1=O. The largest absolute Gasteiger partial charge is 0.468 e. The van der Waals surface area contributed by atoms with E-state index in [1.807, 2.05) is 42.7 Å². The van der Waals surface area contributed by atoms with Crippen molar-refractivity contribution in [2.75, 3.05) is 7.11 Å². The molecule has 3 heterocycles. The van der Waals surface area contributed by atoms with Crippen molar-refractivity contribution in [1.82, 2.24) is 23.1 Å². The van der Waals surface area contributed by atoms with Crippen molar-refractivity contribution in [2.45, 2.75) is 20.4 Å². The fourth-order valence-corrected chi connectivity index (χ4v) is 3.46. The molecule has 0 saturated heterocycles. The summed E-state index contributed by atoms with van der Waals surface area (Å²) in [6.07, 6.45) is 1.80. The zero-order valence-corrected chi connectivity index (χ0v) is 16.0. The second-order valence-corrected chi connectivity index (χ2v) is 6.66. The molecular weight excluding hydrogens is 362 g/mol. The van der Waals surface area contributed by atoms with Crippen molar-refractivity contribution in [2.24, 2.45) is 7.05 Å². The average molecular weight is 381 g/mol. The third kappa shape index (κ3) is 2.39. The number of carbonyl (C=O) groups is 1. The first kappa shape index (κ1) is 17.8. The molecule has 0 bridgehead atoms. The summed E-state index contributed by atoms with van der Waals surface area (Å²) in [7, 11) is 2.73. The van der Waals surface area contributed by atoms with Crippen molar-refractivity contribution in [1.29, 1.82) is 0 Å². The van der Waals surface area contributed by atoms with E-state index in [9.17, 15) is 14.4 Å². The summed E-state index contributed by atoms with van der Waals surface area (Å²) in [4.78, 5) is 41.8. The summed E-state index contributed by atoms with van der Waals surface area (Å²) in [6, 6.07) is 7.84. The highest BCUT2D eigenvalue weighted by Crippen LogP contribution is 2.22. The van der Waals surface area contributed by atoms with Crippen molar-refractivity contribution >= 4 is 22.9 Å². The summed E-state index contributed by atoms with van der Waals surface area (Å²) in [5.74, 6) is -0.155. The number of ether oxygens (including phenoxy) is 1. The minimum Gasteiger partial charge on any atom is -0.468 e. The predicted octanol–water partition coefficient (Wildman–Crippen LogP) is 0.928. The van der Waals surface area contributed by atoms with Gasteiger partial charge in [-0.2, -0.15) is 4.98 Å². The smallest absolute Gasteiger partial charge is 0.333 e. The molecule has 28 heavy (non-hydrogen) atoms. The van der Waals surface area contributed by atoms with Gasteiger partial charge in [-0.05, 0) is 25.5 Å². The molecule has 0 spiro atoms. The molecule has 4 rings (SSSR count). The van der Waals surface area contributed by atoms with Gasteiger partial charge in [0.15, 0.2) is 11.2 Å². The molecule has 144 valence electrons. The molecule has 1 aromatic carbocycles. The van der Waals surface area contributed by atoms with Crippen LogP contribution in [0.25, 0.3) is 22.6 Å². The Labute approximate surface area is 159 Å². The number of aryl methyl sites for hydroxylation is 3. The maximum absolute atomic E-state index is 13.0. The molecule has 0 atom stereocenters. The molecule has 3 aromatic heterocycles. The number of imidazole rings is 2. The normalized spacial score (nSPS) is 11.4. The van der Waals surface area contributed by atoms with Crippen LogP contribution in [0, 0.1) is 13.8 Å². The Hall–Kier alpha value is -3.62. The summed E-state index contributed by atoms with van der Waals surface area (Å²) >= 11 is 0. The van der Waals surface area contributed by atoms with Crippen LogP contribution in [-0.2, 0) is 23.1 Å². The van der Waals surface area contributed by atoms with Crippen LogP contribution in [0.1, 0.15) is 11.3 Å². The van der Waals surface area contributed by atoms with E-state index >= 15 is 0 Å². The third-order valence-corrected chi connectivity index (χ3v) is 4.90. The molecule has 0 aliphatic carbocycles. The highest BCUT2D eigenvalue weighted by atomic mass is 16.5. The van der Waals surface area contributed by atoms with E-state index in [1.54, 1.807) is 10.6 Å². The number of nitrogens with zero attached hydrogens (tertiary/aromatic N) is 5. The van der Waals surface area contributed by atoms with E-state index < -0.39 is 23.8 Å². The van der Waals surface area contributed by atoms with Crippen LogP contribution in [0.2, 0.25) is 0 Å². The standard InChI is InChI=1S/C19H19N5O4/c1-11-7-5-6-8-13(11)24-12(2)9-22-15-16(20-18(22)24)21(3)19(27)23(17(15)26)10-14(25)28-4/h5-9H,10H2,1-4H3. The topological polar surface area (TPSA) is 92.5 Å². The summed E-state index contributed by atoms with van der Waals surface area (Å²) in [5, 5.41) is 0. The zero-order valence-electron chi connectivity index (χ0n) is 16.0. The summed E-state index contributed by atoms with van der Waals surface area (Å²) in [6.45, 7) is 3.46. The van der Waals surface area contributed by atoms with Gasteiger partial charge in [0.2, 0.25) is 5.78 Å². The van der Waals surface area contributed by atoms with Gasteiger partial charge in [-0.15, -0.1) is 0 Å². The first-order valence-electron chi connectivity index (χ1n) is 8.68. The lowest BCUT2D eigenvalue weighted by molar-refractivity contribution is -0.141. The van der Waals surface area contributed by atoms with E-state index in [0.717, 1.165) is 21.5 Å². The van der Waals surface area contributed by atoms with Crippen molar-refractivity contribution in [3.63, 3.8) is 0 Å². The van der Waals surface area contributed by atoms with Gasteiger partial charge >= 0.3 is 11.7 Å². The Morgan fingerprint density at radius 2 is 1.89 bits per heavy atom. The molecule has 0 N–H and O–H groups in total. The Morgan fingerprint density at radius 3 is 2.57 bits per heavy atom. The summed E-state index contributed by atoms with van der Waals surface area (Å²) in [5.41, 5.74) is 2.15. The minimum atomic E-state index is -0.673. The van der Waals surface area contributed by atoms with Crippen LogP contribution in [-0.4, -0.2) is 36.2 Å². The molecule has 9 heteroatoms. The molecular formula is C19H19N5O4. The number of fused-ring (bicyclic) bond motifs is 3. The number of hydrogen-bond acceptors (Lipinski definition) is 5. The van der Waals surface area contributed by atoms with Crippen LogP contribution in [0.5, 0.6) is 0 Å². The van der Waals surface area contributed by atoms with Gasteiger partial charge in [0.1, 0.15) is 6.54 Å². The average Bonchev–Trinajstić information content (AvgIpc) is 3.18. The molecule has 0 aliphatic rings. The van der Waals surface area contributed by atoms with E-state index in [-0.39, 0.29) is 11.2 Å². The van der Waals surface area contributed by atoms with E-state index in [4.69, 9.17) is 0 Å². The Kier molecular flexibility index (Phi) is 3.95. The summed E-state index contributed by atoms with van der Waals surface area (Å²) < 4.78 is 10.3. The zero-order chi connectivity index (χ0) is 20.2. The molecule has 0 unspecified atom stereocenters. The molecule has 0 fully saturated rings. The van der Waals surface area contributed by atoms with Gasteiger partial charge in [-0.3, -0.25) is 23.1 Å². The highest BCUT2D eigenvalue weighted by Gasteiger charge is 2.22. The van der Waals surface area contributed by atoms with Gasteiger partial charge in [0, 0.05) is 18.9 Å². The van der Waals surface area contributed by atoms with E-state index in [2.05, 4.69) is 9.72 Å². The number of methoxy groups -OCH3 is 1. The fraction of sp³-hybridized carbons (Fsp3) is 0.263. The number of carbonyl (C=O) groups excluding carboxylic acids is 1. The Balaban J connectivity index is 2.11. The van der Waals surface area contributed by atoms with E-state index in [0.29, 0.717) is 5.78 Å². The van der Waals surface area contributed by atoms with Gasteiger partial charge in [-0.1, -0.05) is 18.2 Å². The van der Waals surface area contributed by atoms with Gasteiger partial charge in [0.25, 0.3) is 5.56 Å². The van der Waals surface area contributed by atoms with Gasteiger partial charge in [-0.25, -0.2) is 9.36 Å². The Bertz CT molecular complexity index is 1370. The van der Waals surface area contributed by atoms with Crippen LogP contribution >= 0.6 is 0 Å². The van der Waals surface area contributed by atoms with Crippen LogP contribution < -0.4 is 11.2 Å². The maximum Gasteiger partial charge on any atom is 0.333 e. The quantitative estimate of drug-likeness (QED) is 0.492. The monoisotopic (exact) mass is 381 g/mol. The molecule has 0 radical (unpaired) electrons. The highest BCUT2D eigenvalue weighted by molar-refractivity contribution is 5.77. The third-order valence-electron chi connectivity index (χ3n) is 4.90. The van der Waals surface area contributed by atoms with Gasteiger partial charge in [0.05, 0.1) is 12.8 Å². The molecule has 0 aliphatic heterocycles. The van der Waals surface area contributed by atoms with Crippen molar-refractivity contribution < 1.29 is 9.53 Å². The molecule has 0 amide bonds. The number of esters is 1. The molecule has 0 saturated carbocycles. The Morgan fingerprint density at radius 1 is 1.18 bits per heavy atom. The van der Waals surface area contributed by atoms with Crippen LogP contribution in [0.4, 0.5) is 0 Å². The second-order valence-electron chi connectivity index (χ2n) is 6.66. The number of aromatic nitrogens is 5. The fourth-order valence-electron chi connectivity index (χ4n) is 3.46. The number of para-hydroxylation sites is 1. The molecule has 4 aromatic rings. The van der Waals surface area contributed by atoms with Crippen LogP contribution in [0.15, 0.2) is 40.1 Å². The first-order chi connectivity index (χ1) is 13.3. The second kappa shape index (κ2) is 6.22. The minimum absolute atomic E-state index is 0.233. The number of benzene rings is 1. The lowest BCUT2D eigenvalue weighted by Crippen LogP contribution is -2.41. The maximum atomic E-state index is 13.0. The van der Waals surface area contributed by atoms with Crippen molar-refractivity contribution in [3.8, 4) is 5.69 Å². The lowest BCUT2D eigenvalue weighted by Gasteiger charge is -2.09. The lowest BCUT2D eigenvalue weighted by atomic mass is 10.2. The number of rotatable bonds is 3. The molecule has 9 nitrogen and oxygen atoms in total. The van der Waals surface area contributed by atoms with Crippen LogP contribution in [0.3, 0.4) is 0 Å². The van der Waals surface area contributed by atoms with E-state index in [1.165, 1.54) is 18.7 Å². The first-order valence-corrected chi connectivity index (χ1v) is 8.68. The predicted molar refractivity (Wildman–Crippen MR) is 103 cm³/mol. The van der Waals surface area contributed by atoms with Crippen molar-refractivity contribution in [3.05, 3.63) is 62.6 Å². The number of hydrogen-bond donors (Lipinski definition) is 0. The van der Waals surface area contributed by atoms with Gasteiger partial charge < -0.3 is 4.74 Å².